The van der Waals surface area contributed by atoms with Gasteiger partial charge in [0.2, 0.25) is 0 Å². The Morgan fingerprint density at radius 3 is 2.29 bits per heavy atom. The van der Waals surface area contributed by atoms with E-state index < -0.39 is 15.6 Å². The largest absolute Gasteiger partial charge is 0.462 e. The molecule has 188 valence electrons. The highest BCUT2D eigenvalue weighted by Gasteiger charge is 2.22. The number of pyridine rings is 1. The van der Waals surface area contributed by atoms with Crippen LogP contribution in [0.1, 0.15) is 26.3 Å². The summed E-state index contributed by atoms with van der Waals surface area (Å²) in [4.78, 5) is 25.0. The molecule has 2 aromatic carbocycles. The van der Waals surface area contributed by atoms with E-state index in [1.165, 1.54) is 18.3 Å². The van der Waals surface area contributed by atoms with Crippen molar-refractivity contribution in [3.63, 3.8) is 0 Å². The lowest BCUT2D eigenvalue weighted by Crippen LogP contribution is -2.43. The minimum Gasteiger partial charge on any atom is -0.462 e. The summed E-state index contributed by atoms with van der Waals surface area (Å²) in [5, 5.41) is 4.49. The van der Waals surface area contributed by atoms with Crippen molar-refractivity contribution in [3.05, 3.63) is 75.1 Å². The van der Waals surface area contributed by atoms with Crippen LogP contribution in [0.15, 0.2) is 68.9 Å². The topological polar surface area (TPSA) is 97.7 Å². The third kappa shape index (κ3) is 7.00. The molecule has 1 N–H and O–H groups in total. The third-order valence-corrected chi connectivity index (χ3v) is 7.49. The van der Waals surface area contributed by atoms with E-state index in [9.17, 15) is 18.0 Å². The van der Waals surface area contributed by atoms with Crippen molar-refractivity contribution in [1.29, 1.82) is 0 Å². The highest BCUT2D eigenvalue weighted by molar-refractivity contribution is 9.10. The first-order valence-electron chi connectivity index (χ1n) is 11.2. The number of rotatable bonds is 5. The van der Waals surface area contributed by atoms with Crippen LogP contribution < -0.4 is 10.9 Å². The highest BCUT2D eigenvalue weighted by atomic mass is 79.9. The van der Waals surface area contributed by atoms with Gasteiger partial charge in [-0.25, -0.2) is 12.4 Å². The van der Waals surface area contributed by atoms with Crippen molar-refractivity contribution in [1.82, 2.24) is 14.2 Å². The van der Waals surface area contributed by atoms with E-state index in [1.54, 1.807) is 30.3 Å². The molecule has 4 rings (SSSR count). The number of ether oxygens (including phenoxy) is 1. The van der Waals surface area contributed by atoms with Crippen LogP contribution >= 0.6 is 15.9 Å². The molecule has 0 amide bonds. The van der Waals surface area contributed by atoms with Gasteiger partial charge in [0.05, 0.1) is 4.90 Å². The predicted molar refractivity (Wildman–Crippen MR) is 140 cm³/mol. The van der Waals surface area contributed by atoms with Crippen LogP contribution in [0.5, 0.6) is 0 Å². The second-order valence-electron chi connectivity index (χ2n) is 9.12. The zero-order chi connectivity index (χ0) is 25.6. The monoisotopic (exact) mass is 563 g/mol. The van der Waals surface area contributed by atoms with E-state index in [1.807, 2.05) is 26.8 Å². The lowest BCUT2D eigenvalue weighted by molar-refractivity contribution is -0.138. The van der Waals surface area contributed by atoms with Gasteiger partial charge in [0.1, 0.15) is 5.60 Å². The van der Waals surface area contributed by atoms with Gasteiger partial charge in [-0.05, 0) is 62.1 Å². The van der Waals surface area contributed by atoms with Gasteiger partial charge in [-0.1, -0.05) is 34.1 Å². The molecule has 0 radical (unpaired) electrons. The Morgan fingerprint density at radius 1 is 1.06 bits per heavy atom. The van der Waals surface area contributed by atoms with Crippen LogP contribution in [0, 0.1) is 0 Å². The van der Waals surface area contributed by atoms with Gasteiger partial charge in [0.25, 0.3) is 22.1 Å². The molecule has 8 nitrogen and oxygen atoms in total. The third-order valence-electron chi connectivity index (χ3n) is 5.34. The fourth-order valence-electron chi connectivity index (χ4n) is 3.62. The fourth-order valence-corrected chi connectivity index (χ4v) is 5.29. The standard InChI is InChI=1S/C20H20BrN3O3S.C5H10O2/c21-16-6-7-18-19(12-16)15(13-23-10-8-22-9-11-23)14-24(20(18)25)28(26,27)17-4-2-1-3-5-17;1-5(2,3)7-4-6/h1-7,12,14,22H,8-11,13H2;4H,1-3H3. The van der Waals surface area contributed by atoms with Crippen molar-refractivity contribution in [2.75, 3.05) is 26.2 Å². The van der Waals surface area contributed by atoms with E-state index in [-0.39, 0.29) is 10.5 Å². The zero-order valence-electron chi connectivity index (χ0n) is 20.0. The molecule has 1 aromatic heterocycles. The van der Waals surface area contributed by atoms with E-state index >= 15 is 0 Å². The maximum Gasteiger partial charge on any atom is 0.293 e. The Labute approximate surface area is 214 Å². The second-order valence-corrected chi connectivity index (χ2v) is 11.8. The van der Waals surface area contributed by atoms with Crippen molar-refractivity contribution >= 4 is 43.2 Å². The number of carbonyl (C=O) groups excluding carboxylic acids is 1. The van der Waals surface area contributed by atoms with Gasteiger partial charge in [-0.2, -0.15) is 0 Å². The minimum absolute atomic E-state index is 0.0988. The van der Waals surface area contributed by atoms with Gasteiger partial charge in [-0.3, -0.25) is 14.5 Å². The molecule has 0 atom stereocenters. The number of hydrogen-bond acceptors (Lipinski definition) is 7. The number of nitrogens with zero attached hydrogens (tertiary/aromatic N) is 2. The van der Waals surface area contributed by atoms with E-state index in [0.717, 1.165) is 45.6 Å². The molecule has 0 spiro atoms. The molecule has 0 saturated carbocycles. The molecular formula is C25H30BrN3O5S. The molecule has 2 heterocycles. The molecule has 10 heteroatoms. The molecule has 0 aliphatic carbocycles. The molecule has 1 saturated heterocycles. The summed E-state index contributed by atoms with van der Waals surface area (Å²) in [7, 11) is -3.97. The Balaban J connectivity index is 0.000000429. The number of aromatic nitrogens is 1. The molecular weight excluding hydrogens is 534 g/mol. The van der Waals surface area contributed by atoms with Crippen molar-refractivity contribution in [2.24, 2.45) is 0 Å². The lowest BCUT2D eigenvalue weighted by atomic mass is 10.1. The number of hydrogen-bond donors (Lipinski definition) is 1. The average Bonchev–Trinajstić information content (AvgIpc) is 2.81. The molecule has 0 unspecified atom stereocenters. The minimum atomic E-state index is -3.97. The van der Waals surface area contributed by atoms with Crippen LogP contribution in [-0.2, 0) is 26.1 Å². The normalized spacial score (nSPS) is 14.7. The molecule has 1 aliphatic heterocycles. The summed E-state index contributed by atoms with van der Waals surface area (Å²) in [6.45, 7) is 10.0. The quantitative estimate of drug-likeness (QED) is 0.475. The first-order chi connectivity index (χ1) is 16.5. The number of piperazine rings is 1. The van der Waals surface area contributed by atoms with Crippen molar-refractivity contribution in [3.8, 4) is 0 Å². The van der Waals surface area contributed by atoms with Gasteiger partial charge >= 0.3 is 0 Å². The zero-order valence-corrected chi connectivity index (χ0v) is 22.4. The van der Waals surface area contributed by atoms with Crippen LogP contribution in [-0.4, -0.2) is 55.5 Å². The Morgan fingerprint density at radius 2 is 1.71 bits per heavy atom. The number of nitrogens with one attached hydrogen (secondary N) is 1. The van der Waals surface area contributed by atoms with Gasteiger partial charge in [0, 0.05) is 48.8 Å². The summed E-state index contributed by atoms with van der Waals surface area (Å²) >= 11 is 3.46. The van der Waals surface area contributed by atoms with E-state index in [0.29, 0.717) is 18.4 Å². The highest BCUT2D eigenvalue weighted by Crippen LogP contribution is 2.24. The van der Waals surface area contributed by atoms with E-state index in [2.05, 4.69) is 30.9 Å². The summed E-state index contributed by atoms with van der Waals surface area (Å²) in [5.41, 5.74) is -0.0328. The number of fused-ring (bicyclic) bond motifs is 1. The molecule has 3 aromatic rings. The van der Waals surface area contributed by atoms with E-state index in [4.69, 9.17) is 0 Å². The SMILES string of the molecule is CC(C)(C)OC=O.O=c1c2ccc(Br)cc2c(CN2CCNCC2)cn1S(=O)(=O)c1ccccc1. The molecule has 35 heavy (non-hydrogen) atoms. The molecule has 0 bridgehead atoms. The fraction of sp³-hybridized carbons (Fsp3) is 0.360. The Bertz CT molecular complexity index is 1330. The van der Waals surface area contributed by atoms with Gasteiger partial charge in [0.15, 0.2) is 0 Å². The average molecular weight is 565 g/mol. The van der Waals surface area contributed by atoms with Gasteiger partial charge in [-0.15, -0.1) is 0 Å². The van der Waals surface area contributed by atoms with Crippen LogP contribution in [0.3, 0.4) is 0 Å². The summed E-state index contributed by atoms with van der Waals surface area (Å²) < 4.78 is 32.6. The summed E-state index contributed by atoms with van der Waals surface area (Å²) in [6.07, 6.45) is 1.49. The smallest absolute Gasteiger partial charge is 0.293 e. The number of benzene rings is 2. The van der Waals surface area contributed by atoms with Gasteiger partial charge < -0.3 is 10.1 Å². The maximum atomic E-state index is 13.1. The molecule has 1 fully saturated rings. The lowest BCUT2D eigenvalue weighted by Gasteiger charge is -2.27. The predicted octanol–water partition coefficient (Wildman–Crippen LogP) is 3.36. The second kappa shape index (κ2) is 11.5. The first kappa shape index (κ1) is 27.1. The van der Waals surface area contributed by atoms with Crippen LogP contribution in [0.25, 0.3) is 10.8 Å². The van der Waals surface area contributed by atoms with Crippen molar-refractivity contribution < 1.29 is 17.9 Å². The summed E-state index contributed by atoms with van der Waals surface area (Å²) in [6, 6.07) is 13.4. The number of halogens is 1. The number of carbonyl (C=O) groups is 1. The van der Waals surface area contributed by atoms with Crippen LogP contribution in [0.4, 0.5) is 0 Å². The Kier molecular flexibility index (Phi) is 8.87. The first-order valence-corrected chi connectivity index (χ1v) is 13.5. The summed E-state index contributed by atoms with van der Waals surface area (Å²) in [5.74, 6) is 0. The maximum absolute atomic E-state index is 13.1. The Hall–Kier alpha value is -2.53. The van der Waals surface area contributed by atoms with Crippen molar-refractivity contribution in [2.45, 2.75) is 37.8 Å². The molecule has 1 aliphatic rings. The van der Waals surface area contributed by atoms with Crippen LogP contribution in [0.2, 0.25) is 0 Å².